The molecule has 8 nitrogen and oxygen atoms in total. The number of rotatable bonds is 8. The van der Waals surface area contributed by atoms with Crippen molar-refractivity contribution in [3.8, 4) is 0 Å². The molecule has 8 heteroatoms. The van der Waals surface area contributed by atoms with Crippen LogP contribution in [0, 0.1) is 0 Å². The molecule has 0 saturated heterocycles. The zero-order chi connectivity index (χ0) is 13.4. The topological polar surface area (TPSA) is 101 Å². The summed E-state index contributed by atoms with van der Waals surface area (Å²) in [7, 11) is 3.20. The SMILES string of the molecule is CNC(=O)C(C)Nc1nnc(CNCCOC)o1. The monoisotopic (exact) mass is 257 g/mol. The molecule has 0 saturated carbocycles. The van der Waals surface area contributed by atoms with E-state index in [2.05, 4.69) is 26.1 Å². The Morgan fingerprint density at radius 3 is 2.94 bits per heavy atom. The van der Waals surface area contributed by atoms with Gasteiger partial charge in [0.15, 0.2) is 0 Å². The Morgan fingerprint density at radius 2 is 2.28 bits per heavy atom. The second-order valence-electron chi connectivity index (χ2n) is 3.65. The first-order chi connectivity index (χ1) is 8.67. The van der Waals surface area contributed by atoms with Crippen LogP contribution in [0.3, 0.4) is 0 Å². The average Bonchev–Trinajstić information content (AvgIpc) is 2.81. The molecule has 0 radical (unpaired) electrons. The zero-order valence-electron chi connectivity index (χ0n) is 10.8. The number of anilines is 1. The molecule has 0 aliphatic rings. The number of hydrogen-bond acceptors (Lipinski definition) is 7. The normalized spacial score (nSPS) is 12.2. The van der Waals surface area contributed by atoms with Gasteiger partial charge in [-0.15, -0.1) is 5.10 Å². The Kier molecular flexibility index (Phi) is 6.09. The second kappa shape index (κ2) is 7.62. The third-order valence-electron chi connectivity index (χ3n) is 2.21. The minimum atomic E-state index is -0.426. The third kappa shape index (κ3) is 4.68. The predicted octanol–water partition coefficient (Wildman–Crippen LogP) is -0.648. The fraction of sp³-hybridized carbons (Fsp3) is 0.700. The van der Waals surface area contributed by atoms with Gasteiger partial charge in [0, 0.05) is 20.7 Å². The number of nitrogens with one attached hydrogen (secondary N) is 3. The van der Waals surface area contributed by atoms with E-state index in [1.54, 1.807) is 21.1 Å². The van der Waals surface area contributed by atoms with Crippen molar-refractivity contribution in [2.75, 3.05) is 32.6 Å². The molecule has 1 unspecified atom stereocenters. The maximum Gasteiger partial charge on any atom is 0.316 e. The largest absolute Gasteiger partial charge is 0.407 e. The van der Waals surface area contributed by atoms with Crippen LogP contribution in [-0.4, -0.2) is 49.5 Å². The summed E-state index contributed by atoms with van der Waals surface area (Å²) in [4.78, 5) is 11.3. The maximum absolute atomic E-state index is 11.3. The number of carbonyl (C=O) groups is 1. The van der Waals surface area contributed by atoms with Crippen LogP contribution in [0.25, 0.3) is 0 Å². The van der Waals surface area contributed by atoms with Gasteiger partial charge in [0.25, 0.3) is 0 Å². The van der Waals surface area contributed by atoms with E-state index < -0.39 is 6.04 Å². The number of ether oxygens (including phenoxy) is 1. The van der Waals surface area contributed by atoms with Crippen LogP contribution in [0.2, 0.25) is 0 Å². The van der Waals surface area contributed by atoms with Crippen LogP contribution in [0.4, 0.5) is 6.01 Å². The van der Waals surface area contributed by atoms with Gasteiger partial charge in [-0.3, -0.25) is 4.79 Å². The van der Waals surface area contributed by atoms with Crippen molar-refractivity contribution in [3.05, 3.63) is 5.89 Å². The lowest BCUT2D eigenvalue weighted by molar-refractivity contribution is -0.121. The number of carbonyl (C=O) groups excluding carboxylic acids is 1. The van der Waals surface area contributed by atoms with Crippen LogP contribution in [0.5, 0.6) is 0 Å². The predicted molar refractivity (Wildman–Crippen MR) is 65.0 cm³/mol. The summed E-state index contributed by atoms with van der Waals surface area (Å²) in [6, 6.07) is -0.195. The number of likely N-dealkylation sites (N-methyl/N-ethyl adjacent to an activating group) is 1. The first kappa shape index (κ1) is 14.4. The molecule has 3 N–H and O–H groups in total. The van der Waals surface area contributed by atoms with Gasteiger partial charge in [-0.2, -0.15) is 0 Å². The van der Waals surface area contributed by atoms with Crippen molar-refractivity contribution in [1.29, 1.82) is 0 Å². The van der Waals surface area contributed by atoms with Crippen molar-refractivity contribution >= 4 is 11.9 Å². The Labute approximate surface area is 105 Å². The quantitative estimate of drug-likeness (QED) is 0.532. The van der Waals surface area contributed by atoms with Gasteiger partial charge >= 0.3 is 6.01 Å². The zero-order valence-corrected chi connectivity index (χ0v) is 10.8. The van der Waals surface area contributed by atoms with Crippen molar-refractivity contribution in [2.24, 2.45) is 0 Å². The number of methoxy groups -OCH3 is 1. The Balaban J connectivity index is 2.36. The molecule has 18 heavy (non-hydrogen) atoms. The van der Waals surface area contributed by atoms with Crippen molar-refractivity contribution in [1.82, 2.24) is 20.8 Å². The summed E-state index contributed by atoms with van der Waals surface area (Å²) in [6.45, 7) is 3.50. The Bertz CT molecular complexity index is 368. The summed E-state index contributed by atoms with van der Waals surface area (Å²) < 4.78 is 10.2. The number of nitrogens with zero attached hydrogens (tertiary/aromatic N) is 2. The van der Waals surface area contributed by atoms with E-state index in [0.29, 0.717) is 25.6 Å². The molecule has 0 aliphatic heterocycles. The highest BCUT2D eigenvalue weighted by molar-refractivity contribution is 5.83. The molecule has 1 heterocycles. The van der Waals surface area contributed by atoms with Crippen LogP contribution >= 0.6 is 0 Å². The fourth-order valence-electron chi connectivity index (χ4n) is 1.22. The van der Waals surface area contributed by atoms with E-state index >= 15 is 0 Å². The molecular weight excluding hydrogens is 238 g/mol. The molecular formula is C10H19N5O3. The summed E-state index contributed by atoms with van der Waals surface area (Å²) in [6.07, 6.45) is 0. The van der Waals surface area contributed by atoms with Gasteiger partial charge in [-0.1, -0.05) is 5.10 Å². The second-order valence-corrected chi connectivity index (χ2v) is 3.65. The van der Waals surface area contributed by atoms with Gasteiger partial charge in [0.05, 0.1) is 13.2 Å². The van der Waals surface area contributed by atoms with Crippen molar-refractivity contribution in [2.45, 2.75) is 19.5 Å². The average molecular weight is 257 g/mol. The molecule has 0 spiro atoms. The number of aromatic nitrogens is 2. The summed E-state index contributed by atoms with van der Waals surface area (Å²) >= 11 is 0. The molecule has 0 aromatic carbocycles. The summed E-state index contributed by atoms with van der Waals surface area (Å²) in [5.74, 6) is 0.311. The maximum atomic E-state index is 11.3. The minimum Gasteiger partial charge on any atom is -0.407 e. The first-order valence-corrected chi connectivity index (χ1v) is 5.67. The number of amides is 1. The van der Waals surface area contributed by atoms with Gasteiger partial charge in [0.1, 0.15) is 6.04 Å². The number of hydrogen-bond donors (Lipinski definition) is 3. The molecule has 1 aromatic rings. The van der Waals surface area contributed by atoms with Crippen molar-refractivity contribution < 1.29 is 13.9 Å². The Hall–Kier alpha value is -1.67. The van der Waals surface area contributed by atoms with E-state index in [0.717, 1.165) is 0 Å². The third-order valence-corrected chi connectivity index (χ3v) is 2.21. The van der Waals surface area contributed by atoms with Crippen LogP contribution in [-0.2, 0) is 16.1 Å². The highest BCUT2D eigenvalue weighted by atomic mass is 16.5. The molecule has 102 valence electrons. The molecule has 0 fully saturated rings. The smallest absolute Gasteiger partial charge is 0.316 e. The van der Waals surface area contributed by atoms with E-state index in [-0.39, 0.29) is 11.9 Å². The highest BCUT2D eigenvalue weighted by Crippen LogP contribution is 2.06. The molecule has 1 amide bonds. The standard InChI is InChI=1S/C10H19N5O3/c1-7(9(16)11-2)13-10-15-14-8(18-10)6-12-4-5-17-3/h7,12H,4-6H2,1-3H3,(H,11,16)(H,13,15). The molecule has 1 aromatic heterocycles. The lowest BCUT2D eigenvalue weighted by Gasteiger charge is -2.08. The van der Waals surface area contributed by atoms with Gasteiger partial charge < -0.3 is 25.1 Å². The van der Waals surface area contributed by atoms with Crippen LogP contribution < -0.4 is 16.0 Å². The van der Waals surface area contributed by atoms with E-state index in [1.807, 2.05) is 0 Å². The van der Waals surface area contributed by atoms with E-state index in [1.165, 1.54) is 0 Å². The molecule has 1 rings (SSSR count). The van der Waals surface area contributed by atoms with Crippen molar-refractivity contribution in [3.63, 3.8) is 0 Å². The first-order valence-electron chi connectivity index (χ1n) is 5.67. The molecule has 1 atom stereocenters. The Morgan fingerprint density at radius 1 is 1.50 bits per heavy atom. The van der Waals surface area contributed by atoms with E-state index in [4.69, 9.17) is 9.15 Å². The van der Waals surface area contributed by atoms with Crippen LogP contribution in [0.1, 0.15) is 12.8 Å². The van der Waals surface area contributed by atoms with Crippen LogP contribution in [0.15, 0.2) is 4.42 Å². The van der Waals surface area contributed by atoms with Gasteiger partial charge in [-0.05, 0) is 6.92 Å². The van der Waals surface area contributed by atoms with Gasteiger partial charge in [-0.25, -0.2) is 0 Å². The fourth-order valence-corrected chi connectivity index (χ4v) is 1.22. The highest BCUT2D eigenvalue weighted by Gasteiger charge is 2.14. The summed E-state index contributed by atoms with van der Waals surface area (Å²) in [5.41, 5.74) is 0. The lowest BCUT2D eigenvalue weighted by Crippen LogP contribution is -2.35. The molecule has 0 aliphatic carbocycles. The van der Waals surface area contributed by atoms with E-state index in [9.17, 15) is 4.79 Å². The van der Waals surface area contributed by atoms with Gasteiger partial charge in [0.2, 0.25) is 11.8 Å². The lowest BCUT2D eigenvalue weighted by atomic mass is 10.3. The summed E-state index contributed by atoms with van der Waals surface area (Å²) in [5, 5.41) is 16.0. The molecule has 0 bridgehead atoms. The minimum absolute atomic E-state index is 0.145.